The molecule has 0 aliphatic rings. The van der Waals surface area contributed by atoms with Gasteiger partial charge >= 0.3 is 0 Å². The summed E-state index contributed by atoms with van der Waals surface area (Å²) in [5.41, 5.74) is 6.97. The van der Waals surface area contributed by atoms with Gasteiger partial charge in [-0.1, -0.05) is 103 Å². The number of hydrogen-bond donors (Lipinski definition) is 0. The first kappa shape index (κ1) is 19.8. The molecule has 0 aliphatic heterocycles. The van der Waals surface area contributed by atoms with Crippen LogP contribution in [-0.4, -0.2) is 9.38 Å². The highest BCUT2D eigenvalue weighted by Crippen LogP contribution is 2.40. The first-order valence-electron chi connectivity index (χ1n) is 12.1. The monoisotopic (exact) mass is 476 g/mol. The van der Waals surface area contributed by atoms with Crippen LogP contribution >= 0.6 is 11.3 Å². The summed E-state index contributed by atoms with van der Waals surface area (Å²) in [7, 11) is 0. The van der Waals surface area contributed by atoms with E-state index in [1.165, 1.54) is 53.0 Å². The van der Waals surface area contributed by atoms with E-state index in [1.54, 1.807) is 0 Å². The number of para-hydroxylation sites is 1. The summed E-state index contributed by atoms with van der Waals surface area (Å²) in [5.74, 6) is 0. The maximum absolute atomic E-state index is 4.88. The largest absolute Gasteiger partial charge is 0.292 e. The van der Waals surface area contributed by atoms with Gasteiger partial charge in [0.15, 0.2) is 0 Å². The summed E-state index contributed by atoms with van der Waals surface area (Å²) in [4.78, 5) is 4.88. The van der Waals surface area contributed by atoms with E-state index >= 15 is 0 Å². The Morgan fingerprint density at radius 3 is 2.06 bits per heavy atom. The Morgan fingerprint density at radius 1 is 0.528 bits per heavy atom. The topological polar surface area (TPSA) is 17.3 Å². The molecule has 0 fully saturated rings. The number of rotatable bonds is 2. The molecule has 2 nitrogen and oxygen atoms in total. The molecule has 0 N–H and O–H groups in total. The lowest BCUT2D eigenvalue weighted by Crippen LogP contribution is -1.93. The highest BCUT2D eigenvalue weighted by atomic mass is 32.1. The molecule has 3 aromatic heterocycles. The summed E-state index contributed by atoms with van der Waals surface area (Å²) in [6, 6.07) is 41.4. The second-order valence-electron chi connectivity index (χ2n) is 9.22. The Morgan fingerprint density at radius 2 is 1.19 bits per heavy atom. The summed E-state index contributed by atoms with van der Waals surface area (Å²) < 4.78 is 4.99. The van der Waals surface area contributed by atoms with Crippen molar-refractivity contribution >= 4 is 58.8 Å². The van der Waals surface area contributed by atoms with Gasteiger partial charge in [-0.25, -0.2) is 4.98 Å². The van der Waals surface area contributed by atoms with Crippen LogP contribution in [0, 0.1) is 0 Å². The molecule has 8 aromatic rings. The zero-order valence-corrected chi connectivity index (χ0v) is 20.2. The first-order valence-corrected chi connectivity index (χ1v) is 13.0. The smallest absolute Gasteiger partial charge is 0.145 e. The molecular weight excluding hydrogens is 456 g/mol. The van der Waals surface area contributed by atoms with Gasteiger partial charge in [-0.05, 0) is 28.6 Å². The lowest BCUT2D eigenvalue weighted by molar-refractivity contribution is 1.27. The summed E-state index contributed by atoms with van der Waals surface area (Å²) in [6.07, 6.45) is 2.01. The van der Waals surface area contributed by atoms with Gasteiger partial charge in [0.2, 0.25) is 0 Å². The van der Waals surface area contributed by atoms with Crippen molar-refractivity contribution in [3.8, 4) is 22.4 Å². The number of pyridine rings is 1. The zero-order valence-electron chi connectivity index (χ0n) is 19.3. The molecule has 0 unspecified atom stereocenters. The molecule has 0 atom stereocenters. The predicted molar refractivity (Wildman–Crippen MR) is 154 cm³/mol. The molecule has 0 aliphatic carbocycles. The van der Waals surface area contributed by atoms with E-state index < -0.39 is 0 Å². The van der Waals surface area contributed by atoms with Crippen LogP contribution in [-0.2, 0) is 0 Å². The maximum Gasteiger partial charge on any atom is 0.145 e. The third-order valence-electron chi connectivity index (χ3n) is 7.26. The lowest BCUT2D eigenvalue weighted by Gasteiger charge is -2.11. The number of thiophene rings is 1. The molecule has 36 heavy (non-hydrogen) atoms. The van der Waals surface area contributed by atoms with E-state index in [0.29, 0.717) is 0 Å². The third kappa shape index (κ3) is 2.75. The van der Waals surface area contributed by atoms with Crippen LogP contribution in [0.5, 0.6) is 0 Å². The lowest BCUT2D eigenvalue weighted by atomic mass is 10.0. The fraction of sp³-hybridized carbons (Fsp3) is 0. The molecule has 0 amide bonds. The molecule has 0 saturated heterocycles. The highest BCUT2D eigenvalue weighted by Gasteiger charge is 2.15. The Kier molecular flexibility index (Phi) is 4.13. The van der Waals surface area contributed by atoms with E-state index in [4.69, 9.17) is 4.98 Å². The van der Waals surface area contributed by atoms with E-state index in [0.717, 1.165) is 16.9 Å². The van der Waals surface area contributed by atoms with E-state index in [9.17, 15) is 0 Å². The fourth-order valence-corrected chi connectivity index (χ4v) is 6.83. The molecular formula is C33H20N2S. The molecule has 3 heterocycles. The Bertz CT molecular complexity index is 2100. The Labute approximate surface area is 211 Å². The van der Waals surface area contributed by atoms with Gasteiger partial charge in [0.25, 0.3) is 0 Å². The maximum atomic E-state index is 4.88. The van der Waals surface area contributed by atoms with Crippen LogP contribution < -0.4 is 0 Å². The van der Waals surface area contributed by atoms with Crippen molar-refractivity contribution in [3.05, 3.63) is 121 Å². The highest BCUT2D eigenvalue weighted by molar-refractivity contribution is 7.26. The van der Waals surface area contributed by atoms with Crippen LogP contribution in [0.4, 0.5) is 0 Å². The number of benzene rings is 5. The van der Waals surface area contributed by atoms with Gasteiger partial charge in [0.05, 0.1) is 17.4 Å². The molecule has 5 aromatic carbocycles. The number of fused-ring (bicyclic) bond motifs is 9. The van der Waals surface area contributed by atoms with Crippen LogP contribution in [0.1, 0.15) is 0 Å². The average Bonchev–Trinajstić information content (AvgIpc) is 3.56. The second-order valence-corrected chi connectivity index (χ2v) is 10.3. The molecule has 0 saturated carbocycles. The molecule has 0 radical (unpaired) electrons. The summed E-state index contributed by atoms with van der Waals surface area (Å²) in [5, 5.41) is 6.33. The number of hydrogen-bond acceptors (Lipinski definition) is 2. The van der Waals surface area contributed by atoms with Crippen molar-refractivity contribution in [1.82, 2.24) is 9.38 Å². The van der Waals surface area contributed by atoms with Crippen LogP contribution in [0.3, 0.4) is 0 Å². The standard InChI is InChI=1S/C33H20N2S/c1-2-11-28-24(8-1)25-9-3-5-14-29(25)35-30(20-34-33(28)35)22-18-16-21(17-19-22)23-12-7-13-27-26-10-4-6-15-31(26)36-32(23)27/h1-20H. The molecule has 0 bridgehead atoms. The number of imidazole rings is 1. The van der Waals surface area contributed by atoms with Gasteiger partial charge in [-0.15, -0.1) is 11.3 Å². The van der Waals surface area contributed by atoms with Gasteiger partial charge < -0.3 is 0 Å². The van der Waals surface area contributed by atoms with Gasteiger partial charge in [-0.2, -0.15) is 0 Å². The fourth-order valence-electron chi connectivity index (χ4n) is 5.59. The average molecular weight is 477 g/mol. The molecule has 8 rings (SSSR count). The van der Waals surface area contributed by atoms with E-state index in [1.807, 2.05) is 17.5 Å². The second kappa shape index (κ2) is 7.51. The minimum absolute atomic E-state index is 0.999. The first-order chi connectivity index (χ1) is 17.9. The zero-order chi connectivity index (χ0) is 23.6. The van der Waals surface area contributed by atoms with Crippen molar-refractivity contribution in [1.29, 1.82) is 0 Å². The van der Waals surface area contributed by atoms with Crippen molar-refractivity contribution in [2.24, 2.45) is 0 Å². The SMILES string of the molecule is c1ccc2c(c1)sc1c(-c3ccc(-c4cnc5c6ccccc6c6ccccc6n45)cc3)cccc12. The summed E-state index contributed by atoms with van der Waals surface area (Å²) in [6.45, 7) is 0. The molecule has 168 valence electrons. The van der Waals surface area contributed by atoms with Crippen molar-refractivity contribution in [2.45, 2.75) is 0 Å². The van der Waals surface area contributed by atoms with E-state index in [2.05, 4.69) is 120 Å². The number of nitrogens with zero attached hydrogens (tertiary/aromatic N) is 2. The minimum Gasteiger partial charge on any atom is -0.292 e. The van der Waals surface area contributed by atoms with E-state index in [-0.39, 0.29) is 0 Å². The predicted octanol–water partition coefficient (Wildman–Crippen LogP) is 9.34. The van der Waals surface area contributed by atoms with Gasteiger partial charge in [0.1, 0.15) is 5.65 Å². The van der Waals surface area contributed by atoms with Crippen LogP contribution in [0.2, 0.25) is 0 Å². The summed E-state index contributed by atoms with van der Waals surface area (Å²) >= 11 is 1.88. The minimum atomic E-state index is 0.999. The van der Waals surface area contributed by atoms with Crippen molar-refractivity contribution < 1.29 is 0 Å². The molecule has 3 heteroatoms. The van der Waals surface area contributed by atoms with Crippen molar-refractivity contribution in [2.75, 3.05) is 0 Å². The third-order valence-corrected chi connectivity index (χ3v) is 8.48. The van der Waals surface area contributed by atoms with Gasteiger partial charge in [0, 0.05) is 36.5 Å². The number of aromatic nitrogens is 2. The Balaban J connectivity index is 1.32. The van der Waals surface area contributed by atoms with Crippen LogP contribution in [0.15, 0.2) is 121 Å². The Hall–Kier alpha value is -4.47. The van der Waals surface area contributed by atoms with Crippen molar-refractivity contribution in [3.63, 3.8) is 0 Å². The van der Waals surface area contributed by atoms with Crippen LogP contribution in [0.25, 0.3) is 69.9 Å². The molecule has 0 spiro atoms. The van der Waals surface area contributed by atoms with Gasteiger partial charge in [-0.3, -0.25) is 4.40 Å². The normalized spacial score (nSPS) is 11.9. The quantitative estimate of drug-likeness (QED) is 0.227.